The van der Waals surface area contributed by atoms with E-state index in [0.717, 1.165) is 18.8 Å². The highest BCUT2D eigenvalue weighted by Gasteiger charge is 2.21. The van der Waals surface area contributed by atoms with E-state index in [4.69, 9.17) is 11.6 Å². The Morgan fingerprint density at radius 1 is 1.27 bits per heavy atom. The molecule has 0 amide bonds. The molecule has 1 aliphatic carbocycles. The highest BCUT2D eigenvalue weighted by Crippen LogP contribution is 2.26. The summed E-state index contributed by atoms with van der Waals surface area (Å²) in [5.41, 5.74) is 9.17. The first kappa shape index (κ1) is 12.8. The number of alkyl halides is 1. The van der Waals surface area contributed by atoms with Gasteiger partial charge in [-0.1, -0.05) is 13.0 Å². The lowest BCUT2D eigenvalue weighted by atomic mass is 10.0. The molecule has 0 aromatic heterocycles. The van der Waals surface area contributed by atoms with Crippen molar-refractivity contribution in [2.24, 2.45) is 5.92 Å². The Labute approximate surface area is 97.6 Å². The van der Waals surface area contributed by atoms with Gasteiger partial charge in [0.2, 0.25) is 0 Å². The molecule has 0 bridgehead atoms. The molecule has 0 aromatic rings. The quantitative estimate of drug-likeness (QED) is 0.301. The lowest BCUT2D eigenvalue weighted by Crippen LogP contribution is -2.47. The second-order valence-corrected chi connectivity index (χ2v) is 4.98. The summed E-state index contributed by atoms with van der Waals surface area (Å²) >= 11 is 6.25. The van der Waals surface area contributed by atoms with Crippen LogP contribution in [0.3, 0.4) is 0 Å². The van der Waals surface area contributed by atoms with E-state index in [-0.39, 0.29) is 0 Å². The highest BCUT2D eigenvalue weighted by atomic mass is 35.5. The molecule has 0 spiro atoms. The molecule has 0 saturated heterocycles. The molecule has 1 fully saturated rings. The van der Waals surface area contributed by atoms with Crippen LogP contribution in [0.2, 0.25) is 0 Å². The molecular weight excluding hydrogens is 210 g/mol. The maximum atomic E-state index is 6.25. The van der Waals surface area contributed by atoms with Gasteiger partial charge in [-0.25, -0.2) is 5.43 Å². The summed E-state index contributed by atoms with van der Waals surface area (Å²) in [4.78, 5) is 0. The minimum absolute atomic E-state index is 0.309. The van der Waals surface area contributed by atoms with Crippen LogP contribution in [0.1, 0.15) is 39.5 Å². The van der Waals surface area contributed by atoms with Gasteiger partial charge in [-0.3, -0.25) is 0 Å². The zero-order valence-electron chi connectivity index (χ0n) is 9.59. The Morgan fingerprint density at radius 3 is 2.80 bits per heavy atom. The third-order valence-corrected chi connectivity index (χ3v) is 3.16. The van der Waals surface area contributed by atoms with Crippen molar-refractivity contribution in [1.82, 2.24) is 16.4 Å². The molecule has 1 aliphatic rings. The van der Waals surface area contributed by atoms with Gasteiger partial charge in [0.25, 0.3) is 0 Å². The van der Waals surface area contributed by atoms with Crippen LogP contribution in [-0.4, -0.2) is 11.4 Å². The number of allylic oxidation sites excluding steroid dienone is 1. The topological polar surface area (TPSA) is 36.1 Å². The van der Waals surface area contributed by atoms with Crippen molar-refractivity contribution in [3.63, 3.8) is 0 Å². The number of nitrogens with one attached hydrogen (secondary N) is 3. The summed E-state index contributed by atoms with van der Waals surface area (Å²) in [5.74, 6) is 0.753. The first-order valence-electron chi connectivity index (χ1n) is 5.73. The van der Waals surface area contributed by atoms with Crippen LogP contribution in [0.4, 0.5) is 0 Å². The Balaban J connectivity index is 2.22. The van der Waals surface area contributed by atoms with Gasteiger partial charge in [-0.15, -0.1) is 11.6 Å². The van der Waals surface area contributed by atoms with Crippen LogP contribution in [-0.2, 0) is 0 Å². The maximum absolute atomic E-state index is 6.25. The summed E-state index contributed by atoms with van der Waals surface area (Å²) in [6.45, 7) is 4.25. The fourth-order valence-corrected chi connectivity index (χ4v) is 2.48. The second kappa shape index (κ2) is 7.09. The molecule has 0 aromatic carbocycles. The molecule has 0 radical (unpaired) electrons. The average Bonchev–Trinajstić information content (AvgIpc) is 2.35. The number of hydrogen-bond acceptors (Lipinski definition) is 3. The zero-order valence-corrected chi connectivity index (χ0v) is 10.3. The predicted molar refractivity (Wildman–Crippen MR) is 65.3 cm³/mol. The van der Waals surface area contributed by atoms with Crippen molar-refractivity contribution in [2.75, 3.05) is 0 Å². The average molecular weight is 232 g/mol. The van der Waals surface area contributed by atoms with E-state index in [1.54, 1.807) is 0 Å². The van der Waals surface area contributed by atoms with E-state index in [1.807, 2.05) is 19.2 Å². The molecule has 3 nitrogen and oxygen atoms in total. The van der Waals surface area contributed by atoms with Crippen LogP contribution < -0.4 is 16.4 Å². The molecule has 3 N–H and O–H groups in total. The van der Waals surface area contributed by atoms with Crippen LogP contribution >= 0.6 is 11.6 Å². The number of rotatable bonds is 4. The van der Waals surface area contributed by atoms with Crippen molar-refractivity contribution < 1.29 is 0 Å². The molecule has 15 heavy (non-hydrogen) atoms. The normalized spacial score (nSPS) is 32.9. The monoisotopic (exact) mass is 231 g/mol. The molecule has 1 saturated carbocycles. The molecule has 4 heteroatoms. The fourth-order valence-electron chi connectivity index (χ4n) is 1.96. The summed E-state index contributed by atoms with van der Waals surface area (Å²) in [5, 5.41) is 0.309. The first-order chi connectivity index (χ1) is 7.22. The standard InChI is InChI=1S/C11H22ClN3/c1-3-6-13-15-14-11-5-4-9(2)7-10(12)8-11/h3,6,9-11,13-15H,4-5,7-8H2,1-2H3/b6-3-. The SMILES string of the molecule is C/C=C\NNNC1CCC(C)CC(Cl)C1. The van der Waals surface area contributed by atoms with Crippen molar-refractivity contribution in [3.05, 3.63) is 12.3 Å². The van der Waals surface area contributed by atoms with E-state index in [1.165, 1.54) is 12.8 Å². The molecule has 3 unspecified atom stereocenters. The van der Waals surface area contributed by atoms with Gasteiger partial charge in [0.05, 0.1) is 0 Å². The molecule has 3 atom stereocenters. The predicted octanol–water partition coefficient (Wildman–Crippen LogP) is 2.30. The lowest BCUT2D eigenvalue weighted by molar-refractivity contribution is 0.368. The summed E-state index contributed by atoms with van der Waals surface area (Å²) in [6.07, 6.45) is 8.41. The molecule has 0 heterocycles. The summed E-state index contributed by atoms with van der Waals surface area (Å²) < 4.78 is 0. The van der Waals surface area contributed by atoms with Gasteiger partial charge in [-0.05, 0) is 38.5 Å². The summed E-state index contributed by atoms with van der Waals surface area (Å²) in [6, 6.07) is 0.468. The van der Waals surface area contributed by atoms with Crippen LogP contribution in [0.25, 0.3) is 0 Å². The Morgan fingerprint density at radius 2 is 2.07 bits per heavy atom. The van der Waals surface area contributed by atoms with Crippen molar-refractivity contribution in [3.8, 4) is 0 Å². The molecular formula is C11H22ClN3. The van der Waals surface area contributed by atoms with Gasteiger partial charge in [0, 0.05) is 17.6 Å². The number of halogens is 1. The highest BCUT2D eigenvalue weighted by molar-refractivity contribution is 6.20. The van der Waals surface area contributed by atoms with Gasteiger partial charge in [-0.2, -0.15) is 5.53 Å². The zero-order chi connectivity index (χ0) is 11.1. The van der Waals surface area contributed by atoms with E-state index in [0.29, 0.717) is 11.4 Å². The van der Waals surface area contributed by atoms with Crippen LogP contribution in [0, 0.1) is 5.92 Å². The molecule has 0 aliphatic heterocycles. The molecule has 1 rings (SSSR count). The van der Waals surface area contributed by atoms with E-state index in [2.05, 4.69) is 23.3 Å². The van der Waals surface area contributed by atoms with Crippen LogP contribution in [0.15, 0.2) is 12.3 Å². The van der Waals surface area contributed by atoms with Gasteiger partial charge < -0.3 is 5.43 Å². The smallest absolute Gasteiger partial charge is 0.0353 e. The largest absolute Gasteiger partial charge is 0.316 e. The number of hydrazine groups is 2. The number of hydrogen-bond donors (Lipinski definition) is 3. The third-order valence-electron chi connectivity index (χ3n) is 2.80. The Bertz CT molecular complexity index is 196. The molecule has 88 valence electrons. The van der Waals surface area contributed by atoms with Gasteiger partial charge in [0.15, 0.2) is 0 Å². The minimum Gasteiger partial charge on any atom is -0.316 e. The van der Waals surface area contributed by atoms with Crippen LogP contribution in [0.5, 0.6) is 0 Å². The lowest BCUT2D eigenvalue weighted by Gasteiger charge is -2.18. The van der Waals surface area contributed by atoms with Gasteiger partial charge >= 0.3 is 0 Å². The van der Waals surface area contributed by atoms with E-state index in [9.17, 15) is 0 Å². The Kier molecular flexibility index (Phi) is 6.06. The van der Waals surface area contributed by atoms with Crippen molar-refractivity contribution in [1.29, 1.82) is 0 Å². The first-order valence-corrected chi connectivity index (χ1v) is 6.17. The Hall–Kier alpha value is -0.250. The maximum Gasteiger partial charge on any atom is 0.0353 e. The fraction of sp³-hybridized carbons (Fsp3) is 0.818. The second-order valence-electron chi connectivity index (χ2n) is 4.36. The van der Waals surface area contributed by atoms with Crippen molar-refractivity contribution >= 4 is 11.6 Å². The van der Waals surface area contributed by atoms with E-state index >= 15 is 0 Å². The van der Waals surface area contributed by atoms with E-state index < -0.39 is 0 Å². The minimum atomic E-state index is 0.309. The van der Waals surface area contributed by atoms with Crippen molar-refractivity contribution in [2.45, 2.75) is 50.9 Å². The van der Waals surface area contributed by atoms with Gasteiger partial charge in [0.1, 0.15) is 0 Å². The summed E-state index contributed by atoms with van der Waals surface area (Å²) in [7, 11) is 0. The third kappa shape index (κ3) is 5.40.